The molecule has 3 aromatic rings. The van der Waals surface area contributed by atoms with Crippen molar-refractivity contribution < 1.29 is 0 Å². The van der Waals surface area contributed by atoms with Crippen LogP contribution in [0.15, 0.2) is 60.7 Å². The first-order valence-corrected chi connectivity index (χ1v) is 9.29. The molecule has 0 aliphatic rings. The topological polar surface area (TPSA) is 88.8 Å². The summed E-state index contributed by atoms with van der Waals surface area (Å²) in [5.41, 5.74) is 8.43. The minimum Gasteiger partial charge on any atom is -0.368 e. The molecule has 0 saturated carbocycles. The molecule has 1 unspecified atom stereocenters. The number of nitrogen functional groups attached to an aromatic ring is 1. The van der Waals surface area contributed by atoms with E-state index in [0.717, 1.165) is 25.9 Å². The number of anilines is 3. The molecule has 0 spiro atoms. The molecule has 0 radical (unpaired) electrons. The van der Waals surface area contributed by atoms with Crippen molar-refractivity contribution in [3.8, 4) is 0 Å². The molecule has 0 amide bonds. The number of hydrogen-bond acceptors (Lipinski definition) is 6. The van der Waals surface area contributed by atoms with E-state index < -0.39 is 0 Å². The minimum absolute atomic E-state index is 0.213. The molecule has 2 aromatic carbocycles. The lowest BCUT2D eigenvalue weighted by Crippen LogP contribution is -2.15. The van der Waals surface area contributed by atoms with E-state index in [1.54, 1.807) is 0 Å². The molecule has 27 heavy (non-hydrogen) atoms. The van der Waals surface area contributed by atoms with Crippen LogP contribution in [0.1, 0.15) is 30.4 Å². The highest BCUT2D eigenvalue weighted by atomic mass is 15.2. The Morgan fingerprint density at radius 3 is 2.19 bits per heavy atom. The van der Waals surface area contributed by atoms with Crippen molar-refractivity contribution in [1.82, 2.24) is 15.0 Å². The van der Waals surface area contributed by atoms with Crippen molar-refractivity contribution in [2.24, 2.45) is 0 Å². The average Bonchev–Trinajstić information content (AvgIpc) is 2.70. The summed E-state index contributed by atoms with van der Waals surface area (Å²) in [6.07, 6.45) is 2.00. The first-order chi connectivity index (χ1) is 13.2. The zero-order chi connectivity index (χ0) is 18.9. The molecule has 140 valence electrons. The van der Waals surface area contributed by atoms with Gasteiger partial charge in [-0.3, -0.25) is 0 Å². The molecule has 0 aliphatic heterocycles. The molecular weight excluding hydrogens is 336 g/mol. The second-order valence-corrected chi connectivity index (χ2v) is 6.55. The maximum absolute atomic E-state index is 5.83. The molecule has 1 aromatic heterocycles. The fourth-order valence-electron chi connectivity index (χ4n) is 2.83. The molecule has 0 fully saturated rings. The molecule has 1 heterocycles. The lowest BCUT2D eigenvalue weighted by Gasteiger charge is -2.13. The maximum atomic E-state index is 5.83. The summed E-state index contributed by atoms with van der Waals surface area (Å²) in [5, 5.41) is 6.49. The second kappa shape index (κ2) is 9.52. The predicted molar refractivity (Wildman–Crippen MR) is 111 cm³/mol. The zero-order valence-corrected chi connectivity index (χ0v) is 15.6. The van der Waals surface area contributed by atoms with Crippen LogP contribution in [0.4, 0.5) is 17.8 Å². The van der Waals surface area contributed by atoms with Gasteiger partial charge in [0.1, 0.15) is 0 Å². The SMILES string of the molecule is CC(CNc1nc(N)nc(NCCCc2ccccc2)n1)c1ccccc1. The lowest BCUT2D eigenvalue weighted by molar-refractivity contribution is 0.794. The normalized spacial score (nSPS) is 11.7. The summed E-state index contributed by atoms with van der Waals surface area (Å²) in [6.45, 7) is 3.66. The van der Waals surface area contributed by atoms with Crippen molar-refractivity contribution in [1.29, 1.82) is 0 Å². The Morgan fingerprint density at radius 2 is 1.48 bits per heavy atom. The van der Waals surface area contributed by atoms with E-state index in [1.165, 1.54) is 11.1 Å². The molecule has 1 atom stereocenters. The van der Waals surface area contributed by atoms with Gasteiger partial charge in [0.05, 0.1) is 0 Å². The smallest absolute Gasteiger partial charge is 0.229 e. The number of nitrogens with two attached hydrogens (primary N) is 1. The van der Waals surface area contributed by atoms with Crippen LogP contribution in [0, 0.1) is 0 Å². The number of benzene rings is 2. The van der Waals surface area contributed by atoms with Crippen LogP contribution in [-0.4, -0.2) is 28.0 Å². The number of rotatable bonds is 9. The van der Waals surface area contributed by atoms with Crippen LogP contribution in [0.5, 0.6) is 0 Å². The van der Waals surface area contributed by atoms with E-state index in [4.69, 9.17) is 5.73 Å². The highest BCUT2D eigenvalue weighted by Gasteiger charge is 2.08. The Balaban J connectivity index is 1.50. The molecule has 0 aliphatic carbocycles. The summed E-state index contributed by atoms with van der Waals surface area (Å²) < 4.78 is 0. The first-order valence-electron chi connectivity index (χ1n) is 9.29. The first kappa shape index (κ1) is 18.6. The van der Waals surface area contributed by atoms with Gasteiger partial charge in [0.2, 0.25) is 17.8 Å². The molecule has 0 bridgehead atoms. The largest absolute Gasteiger partial charge is 0.368 e. The van der Waals surface area contributed by atoms with Gasteiger partial charge < -0.3 is 16.4 Å². The highest BCUT2D eigenvalue weighted by Crippen LogP contribution is 2.15. The van der Waals surface area contributed by atoms with Gasteiger partial charge >= 0.3 is 0 Å². The van der Waals surface area contributed by atoms with E-state index >= 15 is 0 Å². The maximum Gasteiger partial charge on any atom is 0.229 e. The molecule has 4 N–H and O–H groups in total. The van der Waals surface area contributed by atoms with Crippen LogP contribution >= 0.6 is 0 Å². The van der Waals surface area contributed by atoms with Crippen molar-refractivity contribution in [3.05, 3.63) is 71.8 Å². The van der Waals surface area contributed by atoms with Crippen molar-refractivity contribution in [3.63, 3.8) is 0 Å². The molecule has 6 nitrogen and oxygen atoms in total. The second-order valence-electron chi connectivity index (χ2n) is 6.55. The van der Waals surface area contributed by atoms with E-state index in [2.05, 4.69) is 68.9 Å². The van der Waals surface area contributed by atoms with Gasteiger partial charge in [0, 0.05) is 13.1 Å². The lowest BCUT2D eigenvalue weighted by atomic mass is 10.0. The molecule has 6 heteroatoms. The van der Waals surface area contributed by atoms with Crippen LogP contribution in [0.3, 0.4) is 0 Å². The molecule has 0 saturated heterocycles. The summed E-state index contributed by atoms with van der Waals surface area (Å²) in [7, 11) is 0. The van der Waals surface area contributed by atoms with Gasteiger partial charge in [-0.05, 0) is 29.9 Å². The van der Waals surface area contributed by atoms with Gasteiger partial charge in [0.25, 0.3) is 0 Å². The number of hydrogen-bond donors (Lipinski definition) is 3. The standard InChI is InChI=1S/C21H26N6/c1-16(18-12-6-3-7-13-18)15-24-21-26-19(22)25-20(27-21)23-14-8-11-17-9-4-2-5-10-17/h2-7,9-10,12-13,16H,8,11,14-15H2,1H3,(H4,22,23,24,25,26,27). The van der Waals surface area contributed by atoms with E-state index in [9.17, 15) is 0 Å². The van der Waals surface area contributed by atoms with E-state index in [-0.39, 0.29) is 5.95 Å². The van der Waals surface area contributed by atoms with E-state index in [0.29, 0.717) is 17.8 Å². The Hall–Kier alpha value is -3.15. The third kappa shape index (κ3) is 5.95. The number of aryl methyl sites for hydroxylation is 1. The van der Waals surface area contributed by atoms with Crippen LogP contribution < -0.4 is 16.4 Å². The predicted octanol–water partition coefficient (Wildman–Crippen LogP) is 3.71. The summed E-state index contributed by atoms with van der Waals surface area (Å²) in [4.78, 5) is 12.8. The Bertz CT molecular complexity index is 823. The Kier molecular flexibility index (Phi) is 6.57. The Labute approximate surface area is 160 Å². The zero-order valence-electron chi connectivity index (χ0n) is 15.6. The molecule has 3 rings (SSSR count). The van der Waals surface area contributed by atoms with Crippen LogP contribution in [0.2, 0.25) is 0 Å². The summed E-state index contributed by atoms with van der Waals surface area (Å²) in [6, 6.07) is 20.8. The number of nitrogens with zero attached hydrogens (tertiary/aromatic N) is 3. The van der Waals surface area contributed by atoms with Crippen LogP contribution in [0.25, 0.3) is 0 Å². The monoisotopic (exact) mass is 362 g/mol. The number of nitrogens with one attached hydrogen (secondary N) is 2. The fraction of sp³-hybridized carbons (Fsp3) is 0.286. The van der Waals surface area contributed by atoms with Crippen molar-refractivity contribution in [2.45, 2.75) is 25.7 Å². The quantitative estimate of drug-likeness (QED) is 0.503. The van der Waals surface area contributed by atoms with Gasteiger partial charge in [-0.1, -0.05) is 67.6 Å². The molecular formula is C21H26N6. The van der Waals surface area contributed by atoms with E-state index in [1.807, 2.05) is 24.3 Å². The fourth-order valence-corrected chi connectivity index (χ4v) is 2.83. The third-order valence-electron chi connectivity index (χ3n) is 4.36. The van der Waals surface area contributed by atoms with Gasteiger partial charge in [-0.2, -0.15) is 15.0 Å². The third-order valence-corrected chi connectivity index (χ3v) is 4.36. The number of aromatic nitrogens is 3. The van der Waals surface area contributed by atoms with Gasteiger partial charge in [0.15, 0.2) is 0 Å². The summed E-state index contributed by atoms with van der Waals surface area (Å²) in [5.74, 6) is 1.55. The van der Waals surface area contributed by atoms with Gasteiger partial charge in [-0.25, -0.2) is 0 Å². The van der Waals surface area contributed by atoms with Crippen molar-refractivity contribution in [2.75, 3.05) is 29.5 Å². The average molecular weight is 362 g/mol. The minimum atomic E-state index is 0.213. The van der Waals surface area contributed by atoms with Crippen LogP contribution in [-0.2, 0) is 6.42 Å². The van der Waals surface area contributed by atoms with Crippen molar-refractivity contribution >= 4 is 17.8 Å². The summed E-state index contributed by atoms with van der Waals surface area (Å²) >= 11 is 0. The Morgan fingerprint density at radius 1 is 0.852 bits per heavy atom. The van der Waals surface area contributed by atoms with Gasteiger partial charge in [-0.15, -0.1) is 0 Å². The highest BCUT2D eigenvalue weighted by molar-refractivity contribution is 5.40.